The highest BCUT2D eigenvalue weighted by Gasteiger charge is 2.12. The van der Waals surface area contributed by atoms with E-state index in [2.05, 4.69) is 9.93 Å². The van der Waals surface area contributed by atoms with Gasteiger partial charge in [0.15, 0.2) is 11.5 Å². The molecule has 8 heteroatoms. The van der Waals surface area contributed by atoms with Gasteiger partial charge in [-0.2, -0.15) is 13.5 Å². The molecule has 0 aromatic heterocycles. The molecule has 0 spiro atoms. The number of rotatable bonds is 7. The molecule has 0 bridgehead atoms. The Morgan fingerprint density at radius 3 is 2.40 bits per heavy atom. The Labute approximate surface area is 146 Å². The maximum atomic E-state index is 12.9. The molecule has 134 valence electrons. The molecule has 0 radical (unpaired) electrons. The zero-order valence-electron chi connectivity index (χ0n) is 14.1. The Kier molecular flexibility index (Phi) is 5.97. The molecule has 0 aliphatic carbocycles. The van der Waals surface area contributed by atoms with Crippen molar-refractivity contribution in [2.45, 2.75) is 24.8 Å². The van der Waals surface area contributed by atoms with E-state index in [0.717, 1.165) is 24.3 Å². The fourth-order valence-electron chi connectivity index (χ4n) is 1.96. The van der Waals surface area contributed by atoms with Gasteiger partial charge in [-0.15, -0.1) is 0 Å². The van der Waals surface area contributed by atoms with E-state index in [4.69, 9.17) is 9.47 Å². The molecular weight excluding hydrogens is 347 g/mol. The molecule has 2 aromatic carbocycles. The highest BCUT2D eigenvalue weighted by molar-refractivity contribution is 7.89. The van der Waals surface area contributed by atoms with Crippen molar-refractivity contribution in [3.8, 4) is 11.5 Å². The first-order valence-corrected chi connectivity index (χ1v) is 8.95. The summed E-state index contributed by atoms with van der Waals surface area (Å²) in [5, 5.41) is 3.73. The van der Waals surface area contributed by atoms with Crippen LogP contribution in [-0.4, -0.2) is 27.8 Å². The van der Waals surface area contributed by atoms with Crippen LogP contribution >= 0.6 is 0 Å². The molecule has 1 N–H and O–H groups in total. The third-order valence-electron chi connectivity index (χ3n) is 3.06. The van der Waals surface area contributed by atoms with Crippen molar-refractivity contribution in [1.82, 2.24) is 4.83 Å². The number of hydrogen-bond acceptors (Lipinski definition) is 5. The van der Waals surface area contributed by atoms with Crippen LogP contribution < -0.4 is 14.3 Å². The van der Waals surface area contributed by atoms with Gasteiger partial charge in [-0.05, 0) is 61.9 Å². The molecule has 2 rings (SSSR count). The van der Waals surface area contributed by atoms with Crippen LogP contribution in [0.2, 0.25) is 0 Å². The Bertz CT molecular complexity index is 849. The Balaban J connectivity index is 2.14. The number of hydrazone groups is 1. The van der Waals surface area contributed by atoms with Crippen molar-refractivity contribution in [3.05, 3.63) is 53.8 Å². The van der Waals surface area contributed by atoms with E-state index in [1.807, 2.05) is 13.8 Å². The number of nitrogens with zero attached hydrogens (tertiary/aromatic N) is 1. The largest absolute Gasteiger partial charge is 0.493 e. The highest BCUT2D eigenvalue weighted by Crippen LogP contribution is 2.28. The van der Waals surface area contributed by atoms with Gasteiger partial charge in [0, 0.05) is 0 Å². The fraction of sp³-hybridized carbons (Fsp3) is 0.235. The molecular formula is C17H19FN2O4S. The average Bonchev–Trinajstić information content (AvgIpc) is 2.55. The number of halogens is 1. The Hall–Kier alpha value is -2.61. The van der Waals surface area contributed by atoms with Crippen LogP contribution in [0.5, 0.6) is 11.5 Å². The predicted molar refractivity (Wildman–Crippen MR) is 93.1 cm³/mol. The monoisotopic (exact) mass is 366 g/mol. The lowest BCUT2D eigenvalue weighted by Gasteiger charge is -2.13. The molecule has 0 amide bonds. The molecule has 25 heavy (non-hydrogen) atoms. The molecule has 0 aliphatic heterocycles. The van der Waals surface area contributed by atoms with Crippen molar-refractivity contribution in [2.75, 3.05) is 7.11 Å². The van der Waals surface area contributed by atoms with Gasteiger partial charge in [-0.3, -0.25) is 0 Å². The van der Waals surface area contributed by atoms with Crippen molar-refractivity contribution >= 4 is 16.2 Å². The minimum Gasteiger partial charge on any atom is -0.493 e. The Morgan fingerprint density at radius 2 is 1.80 bits per heavy atom. The predicted octanol–water partition coefficient (Wildman–Crippen LogP) is 2.93. The first-order chi connectivity index (χ1) is 11.8. The van der Waals surface area contributed by atoms with E-state index in [0.29, 0.717) is 17.1 Å². The summed E-state index contributed by atoms with van der Waals surface area (Å²) < 4.78 is 47.8. The average molecular weight is 366 g/mol. The van der Waals surface area contributed by atoms with Gasteiger partial charge in [0.1, 0.15) is 5.82 Å². The maximum absolute atomic E-state index is 12.9. The second-order valence-corrected chi connectivity index (χ2v) is 7.04. The van der Waals surface area contributed by atoms with Crippen molar-refractivity contribution in [2.24, 2.45) is 5.10 Å². The van der Waals surface area contributed by atoms with Crippen LogP contribution in [0, 0.1) is 5.82 Å². The van der Waals surface area contributed by atoms with E-state index in [9.17, 15) is 12.8 Å². The zero-order chi connectivity index (χ0) is 18.4. The topological polar surface area (TPSA) is 77.0 Å². The molecule has 6 nitrogen and oxygen atoms in total. The first-order valence-electron chi connectivity index (χ1n) is 7.47. The standard InChI is InChI=1S/C17H19FN2O4S/c1-12(2)24-17-10-13(4-9-16(17)23-3)11-19-20-25(21,22)15-7-5-14(18)6-8-15/h4-12,20H,1-3H3/b19-11+. The lowest BCUT2D eigenvalue weighted by molar-refractivity contribution is 0.230. The lowest BCUT2D eigenvalue weighted by Crippen LogP contribution is -2.18. The van der Waals surface area contributed by atoms with E-state index >= 15 is 0 Å². The summed E-state index contributed by atoms with van der Waals surface area (Å²) in [5.74, 6) is 0.582. The van der Waals surface area contributed by atoms with E-state index in [1.165, 1.54) is 13.3 Å². The zero-order valence-corrected chi connectivity index (χ0v) is 14.9. The molecule has 0 unspecified atom stereocenters. The minimum atomic E-state index is -3.86. The quantitative estimate of drug-likeness (QED) is 0.604. The van der Waals surface area contributed by atoms with E-state index in [1.54, 1.807) is 18.2 Å². The van der Waals surface area contributed by atoms with Crippen molar-refractivity contribution < 1.29 is 22.3 Å². The second kappa shape index (κ2) is 7.98. The van der Waals surface area contributed by atoms with Gasteiger partial charge in [-0.1, -0.05) is 0 Å². The maximum Gasteiger partial charge on any atom is 0.276 e. The molecule has 0 atom stereocenters. The highest BCUT2D eigenvalue weighted by atomic mass is 32.2. The number of nitrogens with one attached hydrogen (secondary N) is 1. The molecule has 0 saturated carbocycles. The SMILES string of the molecule is COc1ccc(/C=N/NS(=O)(=O)c2ccc(F)cc2)cc1OC(C)C. The van der Waals surface area contributed by atoms with Crippen molar-refractivity contribution in [1.29, 1.82) is 0 Å². The van der Waals surface area contributed by atoms with Crippen molar-refractivity contribution in [3.63, 3.8) is 0 Å². The van der Waals surface area contributed by atoms with Gasteiger partial charge in [0.05, 0.1) is 24.3 Å². The third-order valence-corrected chi connectivity index (χ3v) is 4.30. The summed E-state index contributed by atoms with van der Waals surface area (Å²) in [5.41, 5.74) is 0.623. The Morgan fingerprint density at radius 1 is 1.12 bits per heavy atom. The van der Waals surface area contributed by atoms with Crippen LogP contribution in [0.25, 0.3) is 0 Å². The lowest BCUT2D eigenvalue weighted by atomic mass is 10.2. The summed E-state index contributed by atoms with van der Waals surface area (Å²) in [4.78, 5) is 2.00. The van der Waals surface area contributed by atoms with Gasteiger partial charge in [-0.25, -0.2) is 9.22 Å². The summed E-state index contributed by atoms with van der Waals surface area (Å²) in [6.45, 7) is 3.77. The van der Waals surface area contributed by atoms with Crippen LogP contribution in [0.1, 0.15) is 19.4 Å². The summed E-state index contributed by atoms with van der Waals surface area (Å²) in [7, 11) is -2.32. The summed E-state index contributed by atoms with van der Waals surface area (Å²) in [6, 6.07) is 9.56. The molecule has 0 heterocycles. The minimum absolute atomic E-state index is 0.0435. The number of methoxy groups -OCH3 is 1. The van der Waals surface area contributed by atoms with Crippen LogP contribution in [0.4, 0.5) is 4.39 Å². The molecule has 0 saturated heterocycles. The first kappa shape index (κ1) is 18.7. The van der Waals surface area contributed by atoms with Gasteiger partial charge in [0.25, 0.3) is 10.0 Å². The van der Waals surface area contributed by atoms with Gasteiger partial charge < -0.3 is 9.47 Å². The molecule has 2 aromatic rings. The summed E-state index contributed by atoms with van der Waals surface area (Å²) in [6.07, 6.45) is 1.30. The summed E-state index contributed by atoms with van der Waals surface area (Å²) >= 11 is 0. The third kappa shape index (κ3) is 5.18. The van der Waals surface area contributed by atoms with E-state index in [-0.39, 0.29) is 11.0 Å². The van der Waals surface area contributed by atoms with Crippen LogP contribution in [0.3, 0.4) is 0 Å². The second-order valence-electron chi connectivity index (χ2n) is 5.38. The number of sulfonamides is 1. The van der Waals surface area contributed by atoms with E-state index < -0.39 is 15.8 Å². The van der Waals surface area contributed by atoms with Gasteiger partial charge >= 0.3 is 0 Å². The number of ether oxygens (including phenoxy) is 2. The van der Waals surface area contributed by atoms with Crippen LogP contribution in [0.15, 0.2) is 52.5 Å². The fourth-order valence-corrected chi connectivity index (χ4v) is 2.75. The normalized spacial score (nSPS) is 11.7. The molecule has 0 fully saturated rings. The van der Waals surface area contributed by atoms with Gasteiger partial charge in [0.2, 0.25) is 0 Å². The number of hydrogen-bond donors (Lipinski definition) is 1. The number of benzene rings is 2. The van der Waals surface area contributed by atoms with Crippen LogP contribution in [-0.2, 0) is 10.0 Å². The molecule has 0 aliphatic rings. The smallest absolute Gasteiger partial charge is 0.276 e.